The summed E-state index contributed by atoms with van der Waals surface area (Å²) in [7, 11) is 1.24. The van der Waals surface area contributed by atoms with Crippen molar-refractivity contribution >= 4 is 18.0 Å². The Bertz CT molecular complexity index is 345. The van der Waals surface area contributed by atoms with Crippen molar-refractivity contribution < 1.29 is 24.2 Å². The van der Waals surface area contributed by atoms with Gasteiger partial charge in [0.05, 0.1) is 13.0 Å². The maximum atomic E-state index is 11.4. The summed E-state index contributed by atoms with van der Waals surface area (Å²) in [4.78, 5) is 33.3. The molecule has 108 valence electrons. The summed E-state index contributed by atoms with van der Waals surface area (Å²) in [5.74, 6) is -1.78. The first-order valence-electron chi connectivity index (χ1n) is 6.36. The van der Waals surface area contributed by atoms with Crippen LogP contribution in [0.3, 0.4) is 0 Å². The zero-order valence-electron chi connectivity index (χ0n) is 11.0. The standard InChI is InChI=1S/C12H20N2O5/c1-19-10(15)7-14-12(18)13-6-8-4-2-3-5-9(8)11(16)17/h8-9H,2-7H2,1H3,(H,16,17)(H2,13,14,18). The largest absolute Gasteiger partial charge is 0.481 e. The number of methoxy groups -OCH3 is 1. The highest BCUT2D eigenvalue weighted by Crippen LogP contribution is 2.29. The molecule has 0 saturated heterocycles. The number of carbonyl (C=O) groups is 3. The quantitative estimate of drug-likeness (QED) is 0.626. The third kappa shape index (κ3) is 5.15. The number of urea groups is 1. The van der Waals surface area contributed by atoms with Crippen LogP contribution in [0.15, 0.2) is 0 Å². The van der Waals surface area contributed by atoms with E-state index in [9.17, 15) is 14.4 Å². The molecule has 2 atom stereocenters. The normalized spacial score (nSPS) is 22.4. The number of hydrogen-bond acceptors (Lipinski definition) is 4. The molecule has 0 bridgehead atoms. The van der Waals surface area contributed by atoms with E-state index in [1.54, 1.807) is 0 Å². The van der Waals surface area contributed by atoms with E-state index in [4.69, 9.17) is 5.11 Å². The second-order valence-corrected chi connectivity index (χ2v) is 4.63. The zero-order chi connectivity index (χ0) is 14.3. The van der Waals surface area contributed by atoms with Crippen molar-refractivity contribution in [2.24, 2.45) is 11.8 Å². The van der Waals surface area contributed by atoms with E-state index >= 15 is 0 Å². The molecule has 0 aliphatic heterocycles. The van der Waals surface area contributed by atoms with Crippen molar-refractivity contribution in [2.75, 3.05) is 20.2 Å². The van der Waals surface area contributed by atoms with Gasteiger partial charge in [0.25, 0.3) is 0 Å². The Morgan fingerprint density at radius 1 is 1.21 bits per heavy atom. The molecule has 3 N–H and O–H groups in total. The van der Waals surface area contributed by atoms with E-state index in [0.29, 0.717) is 13.0 Å². The summed E-state index contributed by atoms with van der Waals surface area (Å²) in [5, 5.41) is 14.0. The van der Waals surface area contributed by atoms with E-state index in [0.717, 1.165) is 19.3 Å². The van der Waals surface area contributed by atoms with Crippen LogP contribution in [0.25, 0.3) is 0 Å². The monoisotopic (exact) mass is 272 g/mol. The van der Waals surface area contributed by atoms with E-state index in [-0.39, 0.29) is 12.5 Å². The number of rotatable bonds is 5. The lowest BCUT2D eigenvalue weighted by Gasteiger charge is -2.28. The Morgan fingerprint density at radius 3 is 2.53 bits per heavy atom. The summed E-state index contributed by atoms with van der Waals surface area (Å²) in [6, 6.07) is -0.486. The Hall–Kier alpha value is -1.79. The molecule has 1 rings (SSSR count). The van der Waals surface area contributed by atoms with E-state index in [1.807, 2.05) is 0 Å². The Labute approximate surface area is 111 Å². The Kier molecular flexibility index (Phi) is 6.11. The van der Waals surface area contributed by atoms with Crippen molar-refractivity contribution in [1.82, 2.24) is 10.6 Å². The minimum atomic E-state index is -0.804. The molecule has 7 heteroatoms. The van der Waals surface area contributed by atoms with Gasteiger partial charge in [0, 0.05) is 6.54 Å². The predicted octanol–water partition coefficient (Wildman–Crippen LogP) is 0.350. The first kappa shape index (κ1) is 15.3. The highest BCUT2D eigenvalue weighted by Gasteiger charge is 2.30. The van der Waals surface area contributed by atoms with Gasteiger partial charge in [-0.3, -0.25) is 9.59 Å². The fraction of sp³-hybridized carbons (Fsp3) is 0.750. The van der Waals surface area contributed by atoms with Crippen LogP contribution in [0.2, 0.25) is 0 Å². The second-order valence-electron chi connectivity index (χ2n) is 4.63. The van der Waals surface area contributed by atoms with Crippen LogP contribution >= 0.6 is 0 Å². The second kappa shape index (κ2) is 7.60. The van der Waals surface area contributed by atoms with Gasteiger partial charge in [-0.15, -0.1) is 0 Å². The van der Waals surface area contributed by atoms with Crippen molar-refractivity contribution in [2.45, 2.75) is 25.7 Å². The van der Waals surface area contributed by atoms with Crippen LogP contribution in [0, 0.1) is 11.8 Å². The molecule has 0 aromatic rings. The third-order valence-electron chi connectivity index (χ3n) is 3.37. The van der Waals surface area contributed by atoms with Crippen LogP contribution in [0.5, 0.6) is 0 Å². The minimum Gasteiger partial charge on any atom is -0.481 e. The van der Waals surface area contributed by atoms with Crippen LogP contribution in [-0.2, 0) is 14.3 Å². The van der Waals surface area contributed by atoms with Gasteiger partial charge in [0.2, 0.25) is 0 Å². The number of carbonyl (C=O) groups excluding carboxylic acids is 2. The highest BCUT2D eigenvalue weighted by atomic mass is 16.5. The van der Waals surface area contributed by atoms with Crippen LogP contribution in [0.4, 0.5) is 4.79 Å². The molecule has 0 aromatic carbocycles. The van der Waals surface area contributed by atoms with Gasteiger partial charge in [-0.05, 0) is 18.8 Å². The summed E-state index contributed by atoms with van der Waals surface area (Å²) < 4.78 is 4.38. The Balaban J connectivity index is 2.31. The molecule has 1 saturated carbocycles. The molecule has 7 nitrogen and oxygen atoms in total. The number of esters is 1. The number of nitrogens with one attached hydrogen (secondary N) is 2. The molecule has 1 aliphatic rings. The summed E-state index contributed by atoms with van der Waals surface area (Å²) >= 11 is 0. The molecule has 1 fully saturated rings. The minimum absolute atomic E-state index is 0.0462. The van der Waals surface area contributed by atoms with Gasteiger partial charge in [-0.1, -0.05) is 12.8 Å². The molecule has 2 unspecified atom stereocenters. The zero-order valence-corrected chi connectivity index (χ0v) is 11.0. The molecule has 0 aromatic heterocycles. The average Bonchev–Trinajstić information content (AvgIpc) is 2.42. The highest BCUT2D eigenvalue weighted by molar-refractivity contribution is 5.80. The molecule has 0 radical (unpaired) electrons. The van der Waals surface area contributed by atoms with Crippen molar-refractivity contribution in [3.63, 3.8) is 0 Å². The molecular weight excluding hydrogens is 252 g/mol. The summed E-state index contributed by atoms with van der Waals surface area (Å²) in [5.41, 5.74) is 0. The smallest absolute Gasteiger partial charge is 0.325 e. The third-order valence-corrected chi connectivity index (χ3v) is 3.37. The molecule has 1 aliphatic carbocycles. The van der Waals surface area contributed by atoms with Crippen LogP contribution < -0.4 is 10.6 Å². The van der Waals surface area contributed by atoms with Gasteiger partial charge in [-0.2, -0.15) is 0 Å². The van der Waals surface area contributed by atoms with Gasteiger partial charge in [0.1, 0.15) is 6.54 Å². The predicted molar refractivity (Wildman–Crippen MR) is 66.5 cm³/mol. The van der Waals surface area contributed by atoms with Crippen molar-refractivity contribution in [3.8, 4) is 0 Å². The number of carboxylic acids is 1. The summed E-state index contributed by atoms with van der Waals surface area (Å²) in [6.45, 7) is 0.110. The van der Waals surface area contributed by atoms with Gasteiger partial charge < -0.3 is 20.5 Å². The van der Waals surface area contributed by atoms with E-state index in [2.05, 4.69) is 15.4 Å². The van der Waals surface area contributed by atoms with Crippen LogP contribution in [-0.4, -0.2) is 43.3 Å². The average molecular weight is 272 g/mol. The number of ether oxygens (including phenoxy) is 1. The topological polar surface area (TPSA) is 105 Å². The van der Waals surface area contributed by atoms with E-state index < -0.39 is 23.9 Å². The number of carboxylic acid groups (broad SMARTS) is 1. The van der Waals surface area contributed by atoms with Gasteiger partial charge in [0.15, 0.2) is 0 Å². The SMILES string of the molecule is COC(=O)CNC(=O)NCC1CCCCC1C(=O)O. The van der Waals surface area contributed by atoms with E-state index in [1.165, 1.54) is 7.11 Å². The fourth-order valence-electron chi connectivity index (χ4n) is 2.29. The summed E-state index contributed by atoms with van der Waals surface area (Å²) in [6.07, 6.45) is 3.36. The first-order valence-corrected chi connectivity index (χ1v) is 6.36. The molecule has 2 amide bonds. The Morgan fingerprint density at radius 2 is 1.89 bits per heavy atom. The van der Waals surface area contributed by atoms with Crippen molar-refractivity contribution in [1.29, 1.82) is 0 Å². The van der Waals surface area contributed by atoms with Crippen LogP contribution in [0.1, 0.15) is 25.7 Å². The maximum absolute atomic E-state index is 11.4. The first-order chi connectivity index (χ1) is 9.04. The molecular formula is C12H20N2O5. The lowest BCUT2D eigenvalue weighted by molar-refractivity contribution is -0.144. The van der Waals surface area contributed by atoms with Gasteiger partial charge >= 0.3 is 18.0 Å². The van der Waals surface area contributed by atoms with Gasteiger partial charge in [-0.25, -0.2) is 4.79 Å². The maximum Gasteiger partial charge on any atom is 0.325 e. The lowest BCUT2D eigenvalue weighted by Crippen LogP contribution is -2.43. The molecule has 19 heavy (non-hydrogen) atoms. The number of aliphatic carboxylic acids is 1. The van der Waals surface area contributed by atoms with Crippen molar-refractivity contribution in [3.05, 3.63) is 0 Å². The number of amides is 2. The fourth-order valence-corrected chi connectivity index (χ4v) is 2.29. The molecule has 0 heterocycles. The lowest BCUT2D eigenvalue weighted by atomic mass is 9.79. The number of hydrogen-bond donors (Lipinski definition) is 3. The molecule has 0 spiro atoms.